The molecule has 0 spiro atoms. The lowest BCUT2D eigenvalue weighted by atomic mass is 9.99. The van der Waals surface area contributed by atoms with E-state index >= 15 is 0 Å². The lowest BCUT2D eigenvalue weighted by Crippen LogP contribution is -2.35. The number of carbonyl (C=O) groups is 1. The molecule has 0 bridgehead atoms. The van der Waals surface area contributed by atoms with Crippen LogP contribution in [0.15, 0.2) is 54.6 Å². The van der Waals surface area contributed by atoms with Gasteiger partial charge in [0.1, 0.15) is 28.0 Å². The van der Waals surface area contributed by atoms with Crippen molar-refractivity contribution in [2.24, 2.45) is 0 Å². The minimum atomic E-state index is -0.0424. The van der Waals surface area contributed by atoms with Gasteiger partial charge in [-0.15, -0.1) is 11.3 Å². The molecule has 4 aromatic rings. The van der Waals surface area contributed by atoms with Crippen LogP contribution in [0.5, 0.6) is 0 Å². The molecule has 0 radical (unpaired) electrons. The van der Waals surface area contributed by atoms with Crippen LogP contribution >= 0.6 is 11.3 Å². The van der Waals surface area contributed by atoms with Gasteiger partial charge in [0.25, 0.3) is 5.91 Å². The van der Waals surface area contributed by atoms with Crippen LogP contribution in [0.25, 0.3) is 21.3 Å². The third-order valence-corrected chi connectivity index (χ3v) is 7.61. The van der Waals surface area contributed by atoms with Crippen molar-refractivity contribution in [2.45, 2.75) is 32.6 Å². The van der Waals surface area contributed by atoms with Gasteiger partial charge in [0.2, 0.25) is 0 Å². The largest absolute Gasteiger partial charge is 0.383 e. The summed E-state index contributed by atoms with van der Waals surface area (Å²) in [6.07, 6.45) is 4.09. The number of nitrogens with two attached hydrogens (primary N) is 1. The maximum Gasteiger partial charge on any atom is 0.259 e. The van der Waals surface area contributed by atoms with E-state index in [-0.39, 0.29) is 11.7 Å². The van der Waals surface area contributed by atoms with Crippen LogP contribution in [0.4, 0.5) is 16.5 Å². The summed E-state index contributed by atoms with van der Waals surface area (Å²) in [5, 5.41) is 14.1. The molecular weight excluding hydrogens is 454 g/mol. The van der Waals surface area contributed by atoms with Gasteiger partial charge in [0, 0.05) is 24.3 Å². The van der Waals surface area contributed by atoms with E-state index < -0.39 is 0 Å². The molecule has 176 valence electrons. The average Bonchev–Trinajstić information content (AvgIpc) is 3.25. The molecule has 6 nitrogen and oxygen atoms in total. The summed E-state index contributed by atoms with van der Waals surface area (Å²) < 4.78 is 0.787. The quantitative estimate of drug-likeness (QED) is 0.346. The highest BCUT2D eigenvalue weighted by molar-refractivity contribution is 7.24. The Morgan fingerprint density at radius 2 is 1.83 bits per heavy atom. The summed E-state index contributed by atoms with van der Waals surface area (Å²) in [5.41, 5.74) is 11.5. The van der Waals surface area contributed by atoms with E-state index in [0.29, 0.717) is 16.6 Å². The summed E-state index contributed by atoms with van der Waals surface area (Å²) in [7, 11) is 0. The molecule has 0 unspecified atom stereocenters. The van der Waals surface area contributed by atoms with Gasteiger partial charge >= 0.3 is 0 Å². The molecule has 1 aliphatic rings. The normalized spacial score (nSPS) is 13.5. The van der Waals surface area contributed by atoms with Crippen molar-refractivity contribution in [3.8, 4) is 17.2 Å². The molecule has 1 fully saturated rings. The number of hydrogen-bond donors (Lipinski definition) is 2. The lowest BCUT2D eigenvalue weighted by Gasteiger charge is -2.27. The number of nitrogens with one attached hydrogen (secondary N) is 1. The Bertz CT molecular complexity index is 1410. The standard InChI is InChI=1S/C28H27N5OS/c1-2-18-11-13-20(14-12-18)31-27-23(28(34)33-15-7-4-8-16-33)24-25(35-27)22(19-9-5-3-6-10-19)21(17-29)26(30)32-24/h3,5-6,9-14,31H,2,4,7-8,15-16H2,1H3,(H2,30,32). The molecule has 1 saturated heterocycles. The van der Waals surface area contributed by atoms with Gasteiger partial charge in [0.15, 0.2) is 0 Å². The third-order valence-electron chi connectivity index (χ3n) is 6.50. The van der Waals surface area contributed by atoms with Gasteiger partial charge in [-0.2, -0.15) is 5.26 Å². The van der Waals surface area contributed by atoms with Gasteiger partial charge < -0.3 is 16.0 Å². The number of piperidine rings is 1. The molecule has 3 heterocycles. The summed E-state index contributed by atoms with van der Waals surface area (Å²) in [4.78, 5) is 20.4. The Morgan fingerprint density at radius 1 is 1.11 bits per heavy atom. The number of aryl methyl sites for hydroxylation is 1. The van der Waals surface area contributed by atoms with Crippen LogP contribution in [-0.2, 0) is 6.42 Å². The summed E-state index contributed by atoms with van der Waals surface area (Å²) in [5.74, 6) is 0.0995. The molecule has 1 amide bonds. The number of aromatic nitrogens is 1. The molecular formula is C28H27N5OS. The van der Waals surface area contributed by atoms with Gasteiger partial charge in [-0.05, 0) is 48.9 Å². The highest BCUT2D eigenvalue weighted by Crippen LogP contribution is 2.44. The monoisotopic (exact) mass is 481 g/mol. The van der Waals surface area contributed by atoms with E-state index in [9.17, 15) is 10.1 Å². The van der Waals surface area contributed by atoms with E-state index in [0.717, 1.165) is 65.3 Å². The van der Waals surface area contributed by atoms with Crippen LogP contribution < -0.4 is 11.1 Å². The molecule has 35 heavy (non-hydrogen) atoms. The van der Waals surface area contributed by atoms with Crippen molar-refractivity contribution in [3.63, 3.8) is 0 Å². The van der Waals surface area contributed by atoms with Gasteiger partial charge in [-0.25, -0.2) is 4.98 Å². The minimum Gasteiger partial charge on any atom is -0.383 e. The van der Waals surface area contributed by atoms with E-state index in [1.165, 1.54) is 16.9 Å². The predicted octanol–water partition coefficient (Wildman–Crippen LogP) is 6.35. The number of pyridine rings is 1. The molecule has 2 aromatic heterocycles. The molecule has 0 saturated carbocycles. The zero-order valence-corrected chi connectivity index (χ0v) is 20.5. The Hall–Kier alpha value is -3.89. The molecule has 0 aliphatic carbocycles. The van der Waals surface area contributed by atoms with Crippen LogP contribution in [0.1, 0.15) is 47.7 Å². The second-order valence-electron chi connectivity index (χ2n) is 8.74. The first kappa shape index (κ1) is 22.9. The van der Waals surface area contributed by atoms with E-state index in [2.05, 4.69) is 35.4 Å². The fourth-order valence-corrected chi connectivity index (χ4v) is 5.83. The van der Waals surface area contributed by atoms with Crippen LogP contribution in [0, 0.1) is 11.3 Å². The van der Waals surface area contributed by atoms with Crippen LogP contribution in [0.3, 0.4) is 0 Å². The number of benzene rings is 2. The number of nitrogens with zero attached hydrogens (tertiary/aromatic N) is 3. The van der Waals surface area contributed by atoms with E-state index in [1.54, 1.807) is 0 Å². The van der Waals surface area contributed by atoms with E-state index in [1.807, 2.05) is 47.4 Å². The molecule has 7 heteroatoms. The number of anilines is 3. The summed E-state index contributed by atoms with van der Waals surface area (Å²) >= 11 is 1.45. The number of thiophene rings is 1. The average molecular weight is 482 g/mol. The zero-order valence-electron chi connectivity index (χ0n) is 19.7. The molecule has 3 N–H and O–H groups in total. The fourth-order valence-electron chi connectivity index (χ4n) is 4.61. The number of nitriles is 1. The summed E-state index contributed by atoms with van der Waals surface area (Å²) in [6, 6.07) is 20.2. The number of likely N-dealkylation sites (tertiary alicyclic amines) is 1. The Labute approximate surface area is 209 Å². The Morgan fingerprint density at radius 3 is 2.49 bits per heavy atom. The number of rotatable bonds is 5. The number of carbonyl (C=O) groups excluding carboxylic acids is 1. The van der Waals surface area contributed by atoms with Crippen molar-refractivity contribution >= 4 is 44.0 Å². The van der Waals surface area contributed by atoms with Crippen molar-refractivity contribution in [2.75, 3.05) is 24.1 Å². The second kappa shape index (κ2) is 9.77. The molecule has 0 atom stereocenters. The van der Waals surface area contributed by atoms with E-state index in [4.69, 9.17) is 5.73 Å². The van der Waals surface area contributed by atoms with Crippen molar-refractivity contribution < 1.29 is 4.79 Å². The first-order valence-corrected chi connectivity index (χ1v) is 12.8. The van der Waals surface area contributed by atoms with Crippen LogP contribution in [0.2, 0.25) is 0 Å². The van der Waals surface area contributed by atoms with Crippen molar-refractivity contribution in [1.29, 1.82) is 5.26 Å². The number of amides is 1. The van der Waals surface area contributed by atoms with Gasteiger partial charge in [-0.1, -0.05) is 49.4 Å². The predicted molar refractivity (Wildman–Crippen MR) is 143 cm³/mol. The number of fused-ring (bicyclic) bond motifs is 1. The maximum absolute atomic E-state index is 13.8. The first-order chi connectivity index (χ1) is 17.1. The molecule has 5 rings (SSSR count). The third kappa shape index (κ3) is 4.33. The second-order valence-corrected chi connectivity index (χ2v) is 9.76. The van der Waals surface area contributed by atoms with Gasteiger partial charge in [0.05, 0.1) is 10.2 Å². The molecule has 2 aromatic carbocycles. The maximum atomic E-state index is 13.8. The van der Waals surface area contributed by atoms with Crippen molar-refractivity contribution in [3.05, 3.63) is 71.3 Å². The van der Waals surface area contributed by atoms with Crippen molar-refractivity contribution in [1.82, 2.24) is 9.88 Å². The number of nitrogen functional groups attached to an aromatic ring is 1. The SMILES string of the molecule is CCc1ccc(Nc2sc3c(-c4ccccc4)c(C#N)c(N)nc3c2C(=O)N2CCCCC2)cc1. The highest BCUT2D eigenvalue weighted by Gasteiger charge is 2.29. The number of hydrogen-bond acceptors (Lipinski definition) is 6. The molecule has 1 aliphatic heterocycles. The Kier molecular flexibility index (Phi) is 6.39. The van der Waals surface area contributed by atoms with Gasteiger partial charge in [-0.3, -0.25) is 4.79 Å². The summed E-state index contributed by atoms with van der Waals surface area (Å²) in [6.45, 7) is 3.59. The van der Waals surface area contributed by atoms with Crippen LogP contribution in [-0.4, -0.2) is 28.9 Å². The first-order valence-electron chi connectivity index (χ1n) is 12.0. The topological polar surface area (TPSA) is 95.0 Å². The zero-order chi connectivity index (χ0) is 24.4. The smallest absolute Gasteiger partial charge is 0.259 e. The minimum absolute atomic E-state index is 0.0424. The Balaban J connectivity index is 1.73. The lowest BCUT2D eigenvalue weighted by molar-refractivity contribution is 0.0727. The highest BCUT2D eigenvalue weighted by atomic mass is 32.1. The fraction of sp³-hybridized carbons (Fsp3) is 0.250.